The van der Waals surface area contributed by atoms with Gasteiger partial charge < -0.3 is 29.7 Å². The van der Waals surface area contributed by atoms with Crippen LogP contribution in [0.4, 0.5) is 0 Å². The van der Waals surface area contributed by atoms with E-state index in [2.05, 4.69) is 5.32 Å². The van der Waals surface area contributed by atoms with Gasteiger partial charge in [0.25, 0.3) is 0 Å². The van der Waals surface area contributed by atoms with Crippen LogP contribution in [0.1, 0.15) is 59.8 Å². The number of nitrogens with one attached hydrogen (secondary N) is 1. The topological polar surface area (TPSA) is 110 Å². The number of pyridine rings is 1. The number of hydrogen-bond acceptors (Lipinski definition) is 8. The van der Waals surface area contributed by atoms with Gasteiger partial charge in [-0.1, -0.05) is 29.8 Å². The van der Waals surface area contributed by atoms with Crippen molar-refractivity contribution in [1.29, 1.82) is 0 Å². The van der Waals surface area contributed by atoms with Gasteiger partial charge in [0, 0.05) is 23.1 Å². The van der Waals surface area contributed by atoms with Gasteiger partial charge in [-0.05, 0) is 63.9 Å². The van der Waals surface area contributed by atoms with E-state index >= 15 is 0 Å². The number of aryl methyl sites for hydroxylation is 1. The fourth-order valence-corrected chi connectivity index (χ4v) is 5.40. The summed E-state index contributed by atoms with van der Waals surface area (Å²) in [4.78, 5) is 18.0. The normalized spacial score (nSPS) is 19.4. The lowest BCUT2D eigenvalue weighted by Crippen LogP contribution is -2.38. The van der Waals surface area contributed by atoms with Crippen LogP contribution < -0.4 is 19.5 Å². The molecule has 2 aliphatic rings. The number of aromatic nitrogens is 1. The van der Waals surface area contributed by atoms with E-state index in [4.69, 9.17) is 24.3 Å². The van der Waals surface area contributed by atoms with Gasteiger partial charge in [-0.15, -0.1) is 0 Å². The summed E-state index contributed by atoms with van der Waals surface area (Å²) in [5.41, 5.74) is 3.17. The molecular formula is C31H36N2O6. The number of aliphatic hydroxyl groups excluding tert-OH is 1. The smallest absolute Gasteiger partial charge is 0.163 e. The summed E-state index contributed by atoms with van der Waals surface area (Å²) in [6.07, 6.45) is 2.32. The molecule has 0 bridgehead atoms. The second kappa shape index (κ2) is 11.0. The molecule has 8 nitrogen and oxygen atoms in total. The van der Waals surface area contributed by atoms with E-state index < -0.39 is 5.60 Å². The van der Waals surface area contributed by atoms with E-state index in [-0.39, 0.29) is 37.4 Å². The molecule has 1 fully saturated rings. The highest BCUT2D eigenvalue weighted by molar-refractivity contribution is 5.96. The average Bonchev–Trinajstić information content (AvgIpc) is 3.58. The molecule has 3 heterocycles. The monoisotopic (exact) mass is 532 g/mol. The molecule has 8 heteroatoms. The molecular weight excluding hydrogens is 496 g/mol. The summed E-state index contributed by atoms with van der Waals surface area (Å²) in [5, 5.41) is 24.3. The van der Waals surface area contributed by atoms with Gasteiger partial charge in [-0.3, -0.25) is 4.79 Å². The molecule has 0 aliphatic carbocycles. The Morgan fingerprint density at radius 3 is 2.67 bits per heavy atom. The van der Waals surface area contributed by atoms with Crippen molar-refractivity contribution in [3.05, 3.63) is 70.9 Å². The van der Waals surface area contributed by atoms with Crippen LogP contribution in [0.2, 0.25) is 0 Å². The molecule has 2 aliphatic heterocycles. The third kappa shape index (κ3) is 5.37. The first-order chi connectivity index (χ1) is 18.8. The number of fused-ring (bicyclic) bond motifs is 2. The van der Waals surface area contributed by atoms with Crippen LogP contribution in [0.5, 0.6) is 17.2 Å². The van der Waals surface area contributed by atoms with Crippen LogP contribution in [-0.2, 0) is 11.1 Å². The Hall–Kier alpha value is -3.46. The fourth-order valence-electron chi connectivity index (χ4n) is 5.40. The van der Waals surface area contributed by atoms with Crippen molar-refractivity contribution in [3.8, 4) is 28.5 Å². The maximum atomic E-state index is 13.1. The summed E-state index contributed by atoms with van der Waals surface area (Å²) >= 11 is 0. The van der Waals surface area contributed by atoms with Gasteiger partial charge in [0.1, 0.15) is 24.5 Å². The van der Waals surface area contributed by atoms with Crippen molar-refractivity contribution < 1.29 is 29.2 Å². The van der Waals surface area contributed by atoms with Gasteiger partial charge in [0.15, 0.2) is 23.0 Å². The Morgan fingerprint density at radius 2 is 1.97 bits per heavy atom. The molecule has 0 saturated carbocycles. The van der Waals surface area contributed by atoms with E-state index in [1.54, 1.807) is 25.1 Å². The number of carbonyl (C=O) groups is 1. The molecule has 206 valence electrons. The van der Waals surface area contributed by atoms with Crippen molar-refractivity contribution in [3.63, 3.8) is 0 Å². The molecule has 3 N–H and O–H groups in total. The Labute approximate surface area is 229 Å². The largest absolute Gasteiger partial charge is 0.493 e. The molecule has 0 radical (unpaired) electrons. The number of nitrogens with zero attached hydrogens (tertiary/aromatic N) is 1. The fraction of sp³-hybridized carbons (Fsp3) is 0.419. The maximum absolute atomic E-state index is 13.1. The first-order valence-corrected chi connectivity index (χ1v) is 13.4. The summed E-state index contributed by atoms with van der Waals surface area (Å²) in [6, 6.07) is 15.0. The number of rotatable bonds is 10. The number of Topliss-reactive ketones (excluding diaryl/α,β-unsaturated/α-hetero) is 1. The van der Waals surface area contributed by atoms with Crippen LogP contribution in [0.3, 0.4) is 0 Å². The lowest BCUT2D eigenvalue weighted by Gasteiger charge is -2.27. The lowest BCUT2D eigenvalue weighted by molar-refractivity contribution is 0.0396. The highest BCUT2D eigenvalue weighted by atomic mass is 16.5. The number of hydrogen-bond donors (Lipinski definition) is 3. The molecule has 5 rings (SSSR count). The summed E-state index contributed by atoms with van der Waals surface area (Å²) in [5.74, 6) is 1.51. The number of carbonyl (C=O) groups excluding carboxylic acids is 1. The molecule has 1 spiro atoms. The van der Waals surface area contributed by atoms with E-state index in [0.717, 1.165) is 41.8 Å². The van der Waals surface area contributed by atoms with Crippen molar-refractivity contribution in [2.75, 3.05) is 33.5 Å². The molecule has 1 saturated heterocycles. The van der Waals surface area contributed by atoms with Crippen molar-refractivity contribution >= 4 is 5.78 Å². The van der Waals surface area contributed by atoms with Crippen LogP contribution in [0.25, 0.3) is 11.3 Å². The first kappa shape index (κ1) is 27.1. The Balaban J connectivity index is 1.43. The van der Waals surface area contributed by atoms with Gasteiger partial charge in [0.2, 0.25) is 0 Å². The number of ether oxygens (including phenoxy) is 3. The minimum absolute atomic E-state index is 0.117. The Bertz CT molecular complexity index is 1350. The average molecular weight is 533 g/mol. The van der Waals surface area contributed by atoms with Crippen molar-refractivity contribution in [2.24, 2.45) is 0 Å². The van der Waals surface area contributed by atoms with Gasteiger partial charge in [0.05, 0.1) is 24.9 Å². The molecule has 0 amide bonds. The van der Waals surface area contributed by atoms with E-state index in [1.165, 1.54) is 7.11 Å². The number of methoxy groups -OCH3 is 1. The second-order valence-electron chi connectivity index (χ2n) is 10.6. The van der Waals surface area contributed by atoms with Crippen LogP contribution in [-0.4, -0.2) is 54.5 Å². The van der Waals surface area contributed by atoms with E-state index in [9.17, 15) is 9.90 Å². The second-order valence-corrected chi connectivity index (χ2v) is 10.6. The SMILES string of the molecule is COc1cc(C(=O)CCC(C)(O)c2cc3c(c(-c4ccc(C)cc4)n2)OCC32CCCN2)ccc1OCCO. The lowest BCUT2D eigenvalue weighted by atomic mass is 9.86. The third-order valence-corrected chi connectivity index (χ3v) is 7.75. The summed E-state index contributed by atoms with van der Waals surface area (Å²) in [6.45, 7) is 5.21. The maximum Gasteiger partial charge on any atom is 0.163 e. The van der Waals surface area contributed by atoms with Crippen LogP contribution in [0, 0.1) is 6.92 Å². The number of benzene rings is 2. The zero-order chi connectivity index (χ0) is 27.6. The third-order valence-electron chi connectivity index (χ3n) is 7.75. The molecule has 2 aromatic carbocycles. The van der Waals surface area contributed by atoms with Crippen molar-refractivity contribution in [1.82, 2.24) is 10.3 Å². The predicted octanol–water partition coefficient (Wildman–Crippen LogP) is 4.28. The first-order valence-electron chi connectivity index (χ1n) is 13.4. The highest BCUT2D eigenvalue weighted by Crippen LogP contribution is 2.48. The van der Waals surface area contributed by atoms with Gasteiger partial charge >= 0.3 is 0 Å². The molecule has 2 unspecified atom stereocenters. The summed E-state index contributed by atoms with van der Waals surface area (Å²) in [7, 11) is 1.50. The molecule has 1 aromatic heterocycles. The quantitative estimate of drug-likeness (QED) is 0.332. The Kier molecular flexibility index (Phi) is 7.62. The van der Waals surface area contributed by atoms with Gasteiger partial charge in [-0.2, -0.15) is 0 Å². The minimum atomic E-state index is -1.35. The van der Waals surface area contributed by atoms with Crippen LogP contribution >= 0.6 is 0 Å². The predicted molar refractivity (Wildman–Crippen MR) is 148 cm³/mol. The van der Waals surface area contributed by atoms with E-state index in [0.29, 0.717) is 35.1 Å². The standard InChI is InChI=1S/C31H36N2O6/c1-20-5-7-21(8-6-20)28-29-23(31(19-39-29)12-4-14-32-31)18-27(33-28)30(2,36)13-11-24(35)22-9-10-25(38-16-15-34)26(17-22)37-3/h5-10,17-18,32,34,36H,4,11-16,19H2,1-3H3. The van der Waals surface area contributed by atoms with Crippen molar-refractivity contribution in [2.45, 2.75) is 50.7 Å². The van der Waals surface area contributed by atoms with E-state index in [1.807, 2.05) is 37.3 Å². The number of ketones is 1. The molecule has 3 aromatic rings. The zero-order valence-corrected chi connectivity index (χ0v) is 22.8. The van der Waals surface area contributed by atoms with Crippen LogP contribution in [0.15, 0.2) is 48.5 Å². The minimum Gasteiger partial charge on any atom is -0.493 e. The van der Waals surface area contributed by atoms with Gasteiger partial charge in [-0.25, -0.2) is 4.98 Å². The summed E-state index contributed by atoms with van der Waals surface area (Å²) < 4.78 is 17.1. The number of aliphatic hydroxyl groups is 2. The Morgan fingerprint density at radius 1 is 1.18 bits per heavy atom. The molecule has 39 heavy (non-hydrogen) atoms. The highest BCUT2D eigenvalue weighted by Gasteiger charge is 2.45. The molecule has 2 atom stereocenters. The zero-order valence-electron chi connectivity index (χ0n) is 22.8.